The van der Waals surface area contributed by atoms with Crippen molar-refractivity contribution in [2.75, 3.05) is 5.75 Å². The summed E-state index contributed by atoms with van der Waals surface area (Å²) in [5.74, 6) is -0.664. The minimum atomic E-state index is -3.34. The minimum absolute atomic E-state index is 0.0417. The Labute approximate surface area is 75.3 Å². The number of fused-ring (bicyclic) bond motifs is 1. The average Bonchev–Trinajstić information content (AvgIpc) is 2.23. The van der Waals surface area contributed by atoms with Crippen LogP contribution in [-0.2, 0) is 9.84 Å². The summed E-state index contributed by atoms with van der Waals surface area (Å²) in [6.07, 6.45) is 0. The molecule has 0 aliphatic carbocycles. The molecule has 0 saturated carbocycles. The summed E-state index contributed by atoms with van der Waals surface area (Å²) in [5, 5.41) is 0. The molecule has 2 rings (SSSR count). The summed E-state index contributed by atoms with van der Waals surface area (Å²) in [6, 6.07) is 3.16. The van der Waals surface area contributed by atoms with Crippen molar-refractivity contribution < 1.29 is 12.8 Å². The Morgan fingerprint density at radius 1 is 1.46 bits per heavy atom. The zero-order valence-electron chi connectivity index (χ0n) is 6.70. The summed E-state index contributed by atoms with van der Waals surface area (Å²) < 4.78 is 35.5. The molecule has 0 amide bonds. The normalized spacial score (nSPS) is 24.3. The van der Waals surface area contributed by atoms with Crippen molar-refractivity contribution in [3.05, 3.63) is 29.6 Å². The third kappa shape index (κ3) is 1.24. The van der Waals surface area contributed by atoms with Crippen molar-refractivity contribution in [3.8, 4) is 0 Å². The lowest BCUT2D eigenvalue weighted by Gasteiger charge is -2.00. The van der Waals surface area contributed by atoms with Gasteiger partial charge in [0.15, 0.2) is 9.84 Å². The third-order valence-corrected chi connectivity index (χ3v) is 3.93. The van der Waals surface area contributed by atoms with Gasteiger partial charge in [0.2, 0.25) is 0 Å². The molecule has 0 bridgehead atoms. The molecule has 0 radical (unpaired) electrons. The molecule has 1 unspecified atom stereocenters. The van der Waals surface area contributed by atoms with Gasteiger partial charge >= 0.3 is 0 Å². The van der Waals surface area contributed by atoms with E-state index in [4.69, 9.17) is 5.73 Å². The predicted molar refractivity (Wildman–Crippen MR) is 45.4 cm³/mol. The van der Waals surface area contributed by atoms with Crippen LogP contribution < -0.4 is 5.73 Å². The van der Waals surface area contributed by atoms with Crippen molar-refractivity contribution >= 4 is 9.84 Å². The van der Waals surface area contributed by atoms with Crippen LogP contribution in [0.15, 0.2) is 23.1 Å². The van der Waals surface area contributed by atoms with Crippen LogP contribution in [0, 0.1) is 5.82 Å². The molecule has 1 aliphatic heterocycles. The molecule has 1 aromatic carbocycles. The van der Waals surface area contributed by atoms with E-state index in [1.54, 1.807) is 0 Å². The van der Waals surface area contributed by atoms with Gasteiger partial charge in [0.25, 0.3) is 0 Å². The Bertz CT molecular complexity index is 455. The Hall–Kier alpha value is -0.940. The third-order valence-electron chi connectivity index (χ3n) is 2.11. The monoisotopic (exact) mass is 201 g/mol. The fraction of sp³-hybridized carbons (Fsp3) is 0.250. The molecular weight excluding hydrogens is 193 g/mol. The van der Waals surface area contributed by atoms with E-state index in [0.717, 1.165) is 6.07 Å². The highest BCUT2D eigenvalue weighted by Gasteiger charge is 2.32. The molecule has 1 aromatic rings. The Morgan fingerprint density at radius 2 is 2.15 bits per heavy atom. The number of hydrogen-bond donors (Lipinski definition) is 1. The number of halogens is 1. The predicted octanol–water partition coefficient (Wildman–Crippen LogP) is 0.613. The summed E-state index contributed by atoms with van der Waals surface area (Å²) in [6.45, 7) is 0. The smallest absolute Gasteiger partial charge is 0.180 e. The second-order valence-corrected chi connectivity index (χ2v) is 5.07. The van der Waals surface area contributed by atoms with Gasteiger partial charge in [-0.2, -0.15) is 0 Å². The van der Waals surface area contributed by atoms with E-state index < -0.39 is 21.7 Å². The second-order valence-electron chi connectivity index (χ2n) is 3.07. The van der Waals surface area contributed by atoms with E-state index in [1.165, 1.54) is 12.1 Å². The number of rotatable bonds is 0. The lowest BCUT2D eigenvalue weighted by Crippen LogP contribution is -2.11. The minimum Gasteiger partial charge on any atom is -0.323 e. The van der Waals surface area contributed by atoms with Gasteiger partial charge in [-0.25, -0.2) is 12.8 Å². The van der Waals surface area contributed by atoms with Crippen LogP contribution in [-0.4, -0.2) is 14.2 Å². The first-order valence-electron chi connectivity index (χ1n) is 3.78. The first-order valence-corrected chi connectivity index (χ1v) is 5.44. The van der Waals surface area contributed by atoms with E-state index in [1.807, 2.05) is 0 Å². The van der Waals surface area contributed by atoms with Crippen LogP contribution >= 0.6 is 0 Å². The van der Waals surface area contributed by atoms with Crippen molar-refractivity contribution in [1.29, 1.82) is 0 Å². The molecule has 1 heterocycles. The number of hydrogen-bond acceptors (Lipinski definition) is 3. The Balaban J connectivity index is 2.74. The van der Waals surface area contributed by atoms with Gasteiger partial charge in [-0.15, -0.1) is 0 Å². The van der Waals surface area contributed by atoms with Crippen molar-refractivity contribution in [3.63, 3.8) is 0 Å². The highest BCUT2D eigenvalue weighted by atomic mass is 32.2. The van der Waals surface area contributed by atoms with Gasteiger partial charge in [-0.05, 0) is 17.7 Å². The molecule has 2 N–H and O–H groups in total. The molecule has 0 aromatic heterocycles. The largest absolute Gasteiger partial charge is 0.323 e. The molecule has 1 aliphatic rings. The van der Waals surface area contributed by atoms with Crippen LogP contribution in [0.25, 0.3) is 0 Å². The highest BCUT2D eigenvalue weighted by Crippen LogP contribution is 2.31. The van der Waals surface area contributed by atoms with Gasteiger partial charge in [-0.1, -0.05) is 6.07 Å². The number of sulfone groups is 1. The van der Waals surface area contributed by atoms with Crippen molar-refractivity contribution in [2.45, 2.75) is 10.9 Å². The van der Waals surface area contributed by atoms with Crippen molar-refractivity contribution in [1.82, 2.24) is 0 Å². The van der Waals surface area contributed by atoms with Gasteiger partial charge < -0.3 is 5.73 Å². The molecule has 70 valence electrons. The maximum atomic E-state index is 12.7. The van der Waals surface area contributed by atoms with E-state index in [-0.39, 0.29) is 10.6 Å². The lowest BCUT2D eigenvalue weighted by atomic mass is 10.1. The van der Waals surface area contributed by atoms with Gasteiger partial charge in [0.1, 0.15) is 5.82 Å². The Kier molecular flexibility index (Phi) is 1.68. The lowest BCUT2D eigenvalue weighted by molar-refractivity contribution is 0.594. The first-order chi connectivity index (χ1) is 6.00. The summed E-state index contributed by atoms with van der Waals surface area (Å²) in [5.41, 5.74) is 6.09. The topological polar surface area (TPSA) is 60.2 Å². The fourth-order valence-electron chi connectivity index (χ4n) is 1.50. The number of nitrogens with two attached hydrogens (primary N) is 1. The van der Waals surface area contributed by atoms with Crippen LogP contribution in [0.2, 0.25) is 0 Å². The Morgan fingerprint density at radius 3 is 2.85 bits per heavy atom. The average molecular weight is 201 g/mol. The second kappa shape index (κ2) is 2.52. The summed E-state index contributed by atoms with van der Waals surface area (Å²) >= 11 is 0. The molecule has 0 fully saturated rings. The van der Waals surface area contributed by atoms with Crippen molar-refractivity contribution in [2.24, 2.45) is 5.73 Å². The maximum absolute atomic E-state index is 12.7. The molecule has 3 nitrogen and oxygen atoms in total. The van der Waals surface area contributed by atoms with E-state index >= 15 is 0 Å². The standard InChI is InChI=1S/C8H8FNO2S/c9-5-1-2-6-7(10)4-13(11,12)8(6)3-5/h1-3,7H,4,10H2. The SMILES string of the molecule is NC1CS(=O)(=O)c2cc(F)ccc21. The van der Waals surface area contributed by atoms with Crippen LogP contribution in [0.3, 0.4) is 0 Å². The quantitative estimate of drug-likeness (QED) is 0.669. The van der Waals surface area contributed by atoms with Crippen LogP contribution in [0.5, 0.6) is 0 Å². The maximum Gasteiger partial charge on any atom is 0.180 e. The van der Waals surface area contributed by atoms with E-state index in [2.05, 4.69) is 0 Å². The van der Waals surface area contributed by atoms with Crippen LogP contribution in [0.1, 0.15) is 11.6 Å². The van der Waals surface area contributed by atoms with Crippen LogP contribution in [0.4, 0.5) is 4.39 Å². The molecule has 0 spiro atoms. The molecule has 0 saturated heterocycles. The van der Waals surface area contributed by atoms with Gasteiger partial charge in [-0.3, -0.25) is 0 Å². The molecule has 13 heavy (non-hydrogen) atoms. The fourth-order valence-corrected chi connectivity index (χ4v) is 3.20. The molecule has 1 atom stereocenters. The van der Waals surface area contributed by atoms with E-state index in [9.17, 15) is 12.8 Å². The van der Waals surface area contributed by atoms with E-state index in [0.29, 0.717) is 5.56 Å². The van der Waals surface area contributed by atoms with Gasteiger partial charge in [0.05, 0.1) is 10.6 Å². The molecule has 5 heteroatoms. The first kappa shape index (κ1) is 8.65. The number of benzene rings is 1. The molecular formula is C8H8FNO2S. The summed E-state index contributed by atoms with van der Waals surface area (Å²) in [4.78, 5) is 0.0417. The highest BCUT2D eigenvalue weighted by molar-refractivity contribution is 7.91. The zero-order chi connectivity index (χ0) is 9.64. The van der Waals surface area contributed by atoms with Gasteiger partial charge in [0, 0.05) is 6.04 Å². The summed E-state index contributed by atoms with van der Waals surface area (Å²) in [7, 11) is -3.34. The zero-order valence-corrected chi connectivity index (χ0v) is 7.51.